The maximum absolute atomic E-state index is 12.1. The molecule has 2 aromatic rings. The Morgan fingerprint density at radius 1 is 1.29 bits per heavy atom. The van der Waals surface area contributed by atoms with E-state index in [1.807, 2.05) is 42.5 Å². The van der Waals surface area contributed by atoms with Gasteiger partial charge in [0.15, 0.2) is 18.1 Å². The predicted molar refractivity (Wildman–Crippen MR) is 90.7 cm³/mol. The zero-order valence-corrected chi connectivity index (χ0v) is 16.5. The molecule has 2 rings (SSSR count). The number of carbonyl (C=O) groups excluding carboxylic acids is 1. The number of aliphatic hydroxyl groups excluding tert-OH is 1. The van der Waals surface area contributed by atoms with E-state index in [1.165, 1.54) is 6.92 Å². The van der Waals surface area contributed by atoms with Crippen LogP contribution in [0.2, 0.25) is 0 Å². The fourth-order valence-corrected chi connectivity index (χ4v) is 3.25. The molecule has 0 spiro atoms. The topological polar surface area (TPSA) is 67.3 Å². The van der Waals surface area contributed by atoms with E-state index in [2.05, 4.69) is 11.1 Å². The molecule has 6 heteroatoms. The summed E-state index contributed by atoms with van der Waals surface area (Å²) in [6.07, 6.45) is 2.08. The van der Waals surface area contributed by atoms with Crippen molar-refractivity contribution in [1.82, 2.24) is 4.98 Å². The largest absolute Gasteiger partial charge is 0.512 e. The van der Waals surface area contributed by atoms with E-state index < -0.39 is 7.80 Å². The maximum Gasteiger partial charge on any atom is 0.345 e. The number of rotatable bonds is 7. The van der Waals surface area contributed by atoms with Crippen LogP contribution in [0, 0.1) is 6.07 Å². The second-order valence-corrected chi connectivity index (χ2v) is 6.88. The van der Waals surface area contributed by atoms with Gasteiger partial charge >= 0.3 is 7.80 Å². The van der Waals surface area contributed by atoms with Crippen molar-refractivity contribution in [3.05, 3.63) is 66.1 Å². The Morgan fingerprint density at radius 3 is 2.75 bits per heavy atom. The van der Waals surface area contributed by atoms with Crippen LogP contribution in [0.3, 0.4) is 0 Å². The molecular weight excluding hydrogens is 501 g/mol. The standard InChI is InChI=1S/C18H18NO3P.Ir/c1-14(20)12-17(21)10-11-23(22)13-16-8-5-9-18(19-16)15-6-3-2-4-7-15;/h2-6,8-9,12,21H,10-11,13H2,1H3;. The minimum Gasteiger partial charge on any atom is -0.512 e. The summed E-state index contributed by atoms with van der Waals surface area (Å²) in [4.78, 5) is 15.4. The molecular formula is C18H18IrNO3P. The van der Waals surface area contributed by atoms with Crippen LogP contribution in [-0.4, -0.2) is 22.0 Å². The summed E-state index contributed by atoms with van der Waals surface area (Å²) in [6.45, 7) is 1.37. The first-order valence-corrected chi connectivity index (χ1v) is 8.93. The van der Waals surface area contributed by atoms with Gasteiger partial charge in [0.2, 0.25) is 0 Å². The van der Waals surface area contributed by atoms with E-state index in [4.69, 9.17) is 0 Å². The number of carbonyl (C=O) groups is 1. The number of allylic oxidation sites excluding steroid dienone is 2. The fraction of sp³-hybridized carbons (Fsp3) is 0.222. The number of nitrogens with zero attached hydrogens (tertiary/aromatic N) is 1. The van der Waals surface area contributed by atoms with Gasteiger partial charge in [-0.15, -0.1) is 35.9 Å². The van der Waals surface area contributed by atoms with Crippen molar-refractivity contribution < 1.29 is 34.6 Å². The van der Waals surface area contributed by atoms with Crippen LogP contribution in [0.25, 0.3) is 11.3 Å². The summed E-state index contributed by atoms with van der Waals surface area (Å²) in [7, 11) is -1.53. The van der Waals surface area contributed by atoms with Crippen molar-refractivity contribution in [1.29, 1.82) is 0 Å². The van der Waals surface area contributed by atoms with E-state index in [0.29, 0.717) is 12.3 Å². The fourth-order valence-electron chi connectivity index (χ4n) is 2.08. The molecule has 1 aromatic carbocycles. The molecule has 0 amide bonds. The molecule has 1 aromatic heterocycles. The summed E-state index contributed by atoms with van der Waals surface area (Å²) < 4.78 is 12.1. The number of benzene rings is 1. The van der Waals surface area contributed by atoms with Crippen LogP contribution < -0.4 is 0 Å². The first-order chi connectivity index (χ1) is 11.0. The number of hydrogen-bond donors (Lipinski definition) is 1. The average molecular weight is 520 g/mol. The average Bonchev–Trinajstić information content (AvgIpc) is 2.53. The molecule has 1 N–H and O–H groups in total. The Morgan fingerprint density at radius 2 is 2.08 bits per heavy atom. The van der Waals surface area contributed by atoms with E-state index >= 15 is 0 Å². The molecule has 127 valence electrons. The maximum atomic E-state index is 12.1. The molecule has 0 fully saturated rings. The van der Waals surface area contributed by atoms with Gasteiger partial charge in [0.1, 0.15) is 0 Å². The van der Waals surface area contributed by atoms with Crippen molar-refractivity contribution in [2.24, 2.45) is 0 Å². The molecule has 0 aliphatic heterocycles. The number of aliphatic hydroxyl groups is 1. The van der Waals surface area contributed by atoms with E-state index in [9.17, 15) is 14.5 Å². The molecule has 1 heterocycles. The van der Waals surface area contributed by atoms with Gasteiger partial charge in [-0.25, -0.2) is 0 Å². The van der Waals surface area contributed by atoms with Crippen molar-refractivity contribution in [3.63, 3.8) is 0 Å². The Hall–Kier alpha value is -1.67. The molecule has 24 heavy (non-hydrogen) atoms. The summed E-state index contributed by atoms with van der Waals surface area (Å²) >= 11 is 0. The predicted octanol–water partition coefficient (Wildman–Crippen LogP) is 4.29. The zero-order chi connectivity index (χ0) is 16.7. The summed E-state index contributed by atoms with van der Waals surface area (Å²) in [5.41, 5.74) is 2.44. The minimum absolute atomic E-state index is 0. The third kappa shape index (κ3) is 6.84. The molecule has 0 saturated carbocycles. The van der Waals surface area contributed by atoms with E-state index in [1.54, 1.807) is 0 Å². The van der Waals surface area contributed by atoms with Gasteiger partial charge in [0.05, 0.1) is 11.5 Å². The Balaban J connectivity index is 0.00000288. The normalized spacial score (nSPS) is 11.5. The van der Waals surface area contributed by atoms with Crippen molar-refractivity contribution in [3.8, 4) is 11.3 Å². The molecule has 4 nitrogen and oxygen atoms in total. The number of pyridine rings is 1. The van der Waals surface area contributed by atoms with Gasteiger partial charge in [-0.2, -0.15) is 0 Å². The van der Waals surface area contributed by atoms with Crippen LogP contribution in [0.5, 0.6) is 0 Å². The summed E-state index contributed by atoms with van der Waals surface area (Å²) in [6, 6.07) is 16.3. The quantitative estimate of drug-likeness (QED) is 0.257. The van der Waals surface area contributed by atoms with Crippen LogP contribution in [0.15, 0.2) is 54.3 Å². The minimum atomic E-state index is -1.53. The van der Waals surface area contributed by atoms with Gasteiger partial charge in [-0.1, -0.05) is 16.7 Å². The molecule has 0 aliphatic rings. The Bertz CT molecular complexity index is 732. The zero-order valence-electron chi connectivity index (χ0n) is 13.2. The SMILES string of the molecule is CC(=O)C=C(O)CC[P+](=O)Cc1cccc(-c2[c-]cccc2)n1.[Ir]. The van der Waals surface area contributed by atoms with Crippen LogP contribution >= 0.6 is 7.80 Å². The number of ketones is 1. The Kier molecular flexibility index (Phi) is 8.70. The van der Waals surface area contributed by atoms with Crippen molar-refractivity contribution in [2.75, 3.05) is 6.16 Å². The van der Waals surface area contributed by atoms with Gasteiger partial charge in [0.25, 0.3) is 0 Å². The molecule has 0 aliphatic carbocycles. The molecule has 1 unspecified atom stereocenters. The third-order valence-corrected chi connectivity index (χ3v) is 4.52. The number of aromatic nitrogens is 1. The second kappa shape index (κ2) is 10.2. The van der Waals surface area contributed by atoms with E-state index in [0.717, 1.165) is 23.0 Å². The summed E-state index contributed by atoms with van der Waals surface area (Å²) in [5.74, 6) is -0.243. The van der Waals surface area contributed by atoms with Gasteiger partial charge in [-0.05, 0) is 18.7 Å². The van der Waals surface area contributed by atoms with E-state index in [-0.39, 0.29) is 38.1 Å². The van der Waals surface area contributed by atoms with Gasteiger partial charge < -0.3 is 5.11 Å². The van der Waals surface area contributed by atoms with Crippen molar-refractivity contribution >= 4 is 13.6 Å². The third-order valence-electron chi connectivity index (χ3n) is 3.12. The Labute approximate surface area is 156 Å². The van der Waals surface area contributed by atoms with Gasteiger partial charge in [-0.3, -0.25) is 9.78 Å². The second-order valence-electron chi connectivity index (χ2n) is 5.15. The first kappa shape index (κ1) is 20.4. The number of hydrogen-bond acceptors (Lipinski definition) is 4. The summed E-state index contributed by atoms with van der Waals surface area (Å²) in [5, 5.41) is 9.52. The first-order valence-electron chi connectivity index (χ1n) is 7.30. The van der Waals surface area contributed by atoms with Crippen molar-refractivity contribution in [2.45, 2.75) is 19.5 Å². The monoisotopic (exact) mass is 520 g/mol. The van der Waals surface area contributed by atoms with Crippen LogP contribution in [-0.2, 0) is 35.6 Å². The van der Waals surface area contributed by atoms with Crippen LogP contribution in [0.1, 0.15) is 19.0 Å². The molecule has 0 bridgehead atoms. The smallest absolute Gasteiger partial charge is 0.345 e. The molecule has 1 atom stereocenters. The molecule has 0 saturated heterocycles. The molecule has 1 radical (unpaired) electrons. The van der Waals surface area contributed by atoms with Gasteiger partial charge in [0, 0.05) is 32.6 Å². The van der Waals surface area contributed by atoms with Crippen LogP contribution in [0.4, 0.5) is 0 Å².